The van der Waals surface area contributed by atoms with Gasteiger partial charge in [-0.3, -0.25) is 9.89 Å². The number of anilines is 2. The number of aromatic amines is 1. The van der Waals surface area contributed by atoms with Crippen LogP contribution in [0, 0.1) is 0 Å². The summed E-state index contributed by atoms with van der Waals surface area (Å²) in [5.41, 5.74) is 8.02. The van der Waals surface area contributed by atoms with Crippen LogP contribution in [0.1, 0.15) is 10.4 Å². The minimum Gasteiger partial charge on any atom is -0.399 e. The zero-order valence-electron chi connectivity index (χ0n) is 10.4. The van der Waals surface area contributed by atoms with Gasteiger partial charge in [0.2, 0.25) is 0 Å². The molecule has 0 aliphatic carbocycles. The summed E-state index contributed by atoms with van der Waals surface area (Å²) in [6.45, 7) is 0. The zero-order chi connectivity index (χ0) is 14.1. The van der Waals surface area contributed by atoms with Crippen molar-refractivity contribution in [2.24, 2.45) is 0 Å². The topological polar surface area (TPSA) is 83.8 Å². The van der Waals surface area contributed by atoms with Crippen LogP contribution < -0.4 is 11.1 Å². The van der Waals surface area contributed by atoms with Gasteiger partial charge in [-0.25, -0.2) is 0 Å². The third kappa shape index (κ3) is 2.19. The van der Waals surface area contributed by atoms with Crippen molar-refractivity contribution in [1.82, 2.24) is 10.2 Å². The number of hydrogen-bond acceptors (Lipinski definition) is 3. The van der Waals surface area contributed by atoms with E-state index in [1.165, 1.54) is 0 Å². The average molecular weight is 287 g/mol. The number of rotatable bonds is 2. The lowest BCUT2D eigenvalue weighted by Crippen LogP contribution is -2.13. The third-order valence-corrected chi connectivity index (χ3v) is 3.30. The molecule has 1 amide bonds. The Morgan fingerprint density at radius 1 is 1.30 bits per heavy atom. The number of hydrogen-bond donors (Lipinski definition) is 3. The van der Waals surface area contributed by atoms with Gasteiger partial charge in [0.25, 0.3) is 5.91 Å². The molecule has 0 spiro atoms. The van der Waals surface area contributed by atoms with Crippen molar-refractivity contribution in [3.05, 3.63) is 53.2 Å². The fourth-order valence-corrected chi connectivity index (χ4v) is 2.19. The van der Waals surface area contributed by atoms with Crippen LogP contribution in [0.25, 0.3) is 10.9 Å². The van der Waals surface area contributed by atoms with Crippen LogP contribution >= 0.6 is 11.6 Å². The second-order valence-corrected chi connectivity index (χ2v) is 4.74. The van der Waals surface area contributed by atoms with Gasteiger partial charge in [0, 0.05) is 11.1 Å². The Morgan fingerprint density at radius 3 is 3.00 bits per heavy atom. The summed E-state index contributed by atoms with van der Waals surface area (Å²) in [7, 11) is 0. The lowest BCUT2D eigenvalue weighted by Gasteiger charge is -2.08. The van der Waals surface area contributed by atoms with E-state index in [2.05, 4.69) is 15.5 Å². The molecular weight excluding hydrogens is 276 g/mol. The van der Waals surface area contributed by atoms with E-state index >= 15 is 0 Å². The van der Waals surface area contributed by atoms with Gasteiger partial charge in [-0.2, -0.15) is 5.10 Å². The maximum Gasteiger partial charge on any atom is 0.257 e. The number of H-pyrrole nitrogens is 1. The summed E-state index contributed by atoms with van der Waals surface area (Å²) < 4.78 is 0. The number of nitrogens with zero attached hydrogens (tertiary/aromatic N) is 1. The van der Waals surface area contributed by atoms with Crippen molar-refractivity contribution >= 4 is 39.8 Å². The van der Waals surface area contributed by atoms with E-state index in [9.17, 15) is 4.79 Å². The van der Waals surface area contributed by atoms with E-state index in [-0.39, 0.29) is 5.91 Å². The van der Waals surface area contributed by atoms with E-state index in [4.69, 9.17) is 17.3 Å². The van der Waals surface area contributed by atoms with Crippen molar-refractivity contribution in [3.8, 4) is 0 Å². The monoisotopic (exact) mass is 286 g/mol. The van der Waals surface area contributed by atoms with Crippen molar-refractivity contribution < 1.29 is 4.79 Å². The molecule has 0 radical (unpaired) electrons. The van der Waals surface area contributed by atoms with Gasteiger partial charge in [0.05, 0.1) is 28.0 Å². The van der Waals surface area contributed by atoms with Crippen LogP contribution in [-0.4, -0.2) is 16.1 Å². The molecular formula is C14H11ClN4O. The van der Waals surface area contributed by atoms with Gasteiger partial charge < -0.3 is 11.1 Å². The number of halogens is 1. The Morgan fingerprint density at radius 2 is 2.15 bits per heavy atom. The smallest absolute Gasteiger partial charge is 0.257 e. The first-order valence-corrected chi connectivity index (χ1v) is 6.31. The van der Waals surface area contributed by atoms with E-state index in [1.54, 1.807) is 30.5 Å². The molecule has 5 nitrogen and oxygen atoms in total. The van der Waals surface area contributed by atoms with Crippen LogP contribution in [0.4, 0.5) is 11.4 Å². The minimum absolute atomic E-state index is 0.309. The third-order valence-electron chi connectivity index (χ3n) is 2.97. The van der Waals surface area contributed by atoms with Crippen LogP contribution in [0.15, 0.2) is 42.6 Å². The van der Waals surface area contributed by atoms with E-state index < -0.39 is 0 Å². The molecule has 4 N–H and O–H groups in total. The number of carbonyl (C=O) groups is 1. The highest BCUT2D eigenvalue weighted by atomic mass is 35.5. The molecule has 6 heteroatoms. The van der Waals surface area contributed by atoms with Crippen LogP contribution in [0.2, 0.25) is 5.02 Å². The van der Waals surface area contributed by atoms with Crippen LogP contribution in [0.3, 0.4) is 0 Å². The van der Waals surface area contributed by atoms with E-state index in [0.717, 1.165) is 10.9 Å². The molecule has 3 rings (SSSR count). The lowest BCUT2D eigenvalue weighted by atomic mass is 10.1. The first-order chi connectivity index (χ1) is 9.65. The number of nitrogens with two attached hydrogens (primary N) is 1. The lowest BCUT2D eigenvalue weighted by molar-refractivity contribution is 0.102. The molecule has 0 aliphatic heterocycles. The Kier molecular flexibility index (Phi) is 3.04. The first-order valence-electron chi connectivity index (χ1n) is 5.93. The molecule has 0 aliphatic rings. The molecule has 0 saturated heterocycles. The zero-order valence-corrected chi connectivity index (χ0v) is 11.1. The predicted octanol–water partition coefficient (Wildman–Crippen LogP) is 3.05. The molecule has 0 bridgehead atoms. The number of nitrogens with one attached hydrogen (secondary N) is 2. The number of carbonyl (C=O) groups excluding carboxylic acids is 1. The van der Waals surface area contributed by atoms with E-state index in [1.807, 2.05) is 12.1 Å². The van der Waals surface area contributed by atoms with Gasteiger partial charge in [-0.1, -0.05) is 17.7 Å². The average Bonchev–Trinajstić information content (AvgIpc) is 2.91. The molecule has 1 heterocycles. The number of fused-ring (bicyclic) bond motifs is 1. The molecule has 100 valence electrons. The summed E-state index contributed by atoms with van der Waals surface area (Å²) in [5, 5.41) is 10.8. The molecule has 2 aromatic carbocycles. The maximum absolute atomic E-state index is 12.3. The Bertz CT molecular complexity index is 797. The predicted molar refractivity (Wildman–Crippen MR) is 79.9 cm³/mol. The molecule has 0 unspecified atom stereocenters. The van der Waals surface area contributed by atoms with Gasteiger partial charge in [-0.05, 0) is 30.3 Å². The van der Waals surface area contributed by atoms with Crippen molar-refractivity contribution in [2.45, 2.75) is 0 Å². The van der Waals surface area contributed by atoms with Crippen molar-refractivity contribution in [3.63, 3.8) is 0 Å². The van der Waals surface area contributed by atoms with Crippen LogP contribution in [0.5, 0.6) is 0 Å². The summed E-state index contributed by atoms with van der Waals surface area (Å²) in [5.74, 6) is -0.309. The molecule has 0 atom stereocenters. The van der Waals surface area contributed by atoms with Gasteiger partial charge in [-0.15, -0.1) is 0 Å². The Hall–Kier alpha value is -2.53. The fraction of sp³-hybridized carbons (Fsp3) is 0. The second kappa shape index (κ2) is 4.86. The molecule has 1 aromatic heterocycles. The maximum atomic E-state index is 12.3. The summed E-state index contributed by atoms with van der Waals surface area (Å²) >= 11 is 6.02. The summed E-state index contributed by atoms with van der Waals surface area (Å²) in [4.78, 5) is 12.3. The largest absolute Gasteiger partial charge is 0.399 e. The molecule has 20 heavy (non-hydrogen) atoms. The molecule has 3 aromatic rings. The van der Waals surface area contributed by atoms with Crippen LogP contribution in [-0.2, 0) is 0 Å². The SMILES string of the molecule is Nc1ccc(Cl)c(C(=O)Nc2cccc3[nH]ncc23)c1. The highest BCUT2D eigenvalue weighted by Gasteiger charge is 2.12. The summed E-state index contributed by atoms with van der Waals surface area (Å²) in [6, 6.07) is 10.3. The number of amides is 1. The van der Waals surface area contributed by atoms with Crippen molar-refractivity contribution in [1.29, 1.82) is 0 Å². The highest BCUT2D eigenvalue weighted by molar-refractivity contribution is 6.34. The standard InChI is InChI=1S/C14H11ClN4O/c15-11-5-4-8(16)6-9(11)14(20)18-12-2-1-3-13-10(12)7-17-19-13/h1-7H,16H2,(H,17,19)(H,18,20). The number of aromatic nitrogens is 2. The summed E-state index contributed by atoms with van der Waals surface area (Å²) in [6.07, 6.45) is 1.66. The van der Waals surface area contributed by atoms with E-state index in [0.29, 0.717) is 22.0 Å². The quantitative estimate of drug-likeness (QED) is 0.633. The molecule has 0 saturated carbocycles. The highest BCUT2D eigenvalue weighted by Crippen LogP contribution is 2.24. The van der Waals surface area contributed by atoms with Gasteiger partial charge >= 0.3 is 0 Å². The Balaban J connectivity index is 1.96. The van der Waals surface area contributed by atoms with Crippen molar-refractivity contribution in [2.75, 3.05) is 11.1 Å². The minimum atomic E-state index is -0.309. The Labute approximate surface area is 119 Å². The molecule has 0 fully saturated rings. The fourth-order valence-electron chi connectivity index (χ4n) is 1.98. The second-order valence-electron chi connectivity index (χ2n) is 4.33. The number of benzene rings is 2. The van der Waals surface area contributed by atoms with Gasteiger partial charge in [0.1, 0.15) is 0 Å². The van der Waals surface area contributed by atoms with Gasteiger partial charge in [0.15, 0.2) is 0 Å². The number of nitrogen functional groups attached to an aromatic ring is 1. The normalized spacial score (nSPS) is 10.7. The first kappa shape index (κ1) is 12.5.